The highest BCUT2D eigenvalue weighted by Crippen LogP contribution is 2.19. The summed E-state index contributed by atoms with van der Waals surface area (Å²) in [5, 5.41) is 39.4. The molecule has 0 saturated heterocycles. The minimum atomic E-state index is -0.737. The number of unbranched alkanes of at least 4 members (excludes halogenated alkanes) is 18. The molecule has 0 bridgehead atoms. The van der Waals surface area contributed by atoms with Crippen LogP contribution in [0.2, 0.25) is 0 Å². The van der Waals surface area contributed by atoms with E-state index in [0.29, 0.717) is 52.5 Å². The van der Waals surface area contributed by atoms with Crippen LogP contribution in [0.4, 0.5) is 0 Å². The number of hydrogen-bond donors (Lipinski definition) is 4. The van der Waals surface area contributed by atoms with Gasteiger partial charge in [-0.3, -0.25) is 9.59 Å². The maximum Gasteiger partial charge on any atom is 0.303 e. The van der Waals surface area contributed by atoms with E-state index in [0.717, 1.165) is 103 Å². The van der Waals surface area contributed by atoms with Crippen LogP contribution in [0, 0.1) is 0 Å². The van der Waals surface area contributed by atoms with E-state index in [1.807, 2.05) is 0 Å². The van der Waals surface area contributed by atoms with Crippen LogP contribution in [-0.2, 0) is 28.5 Å². The van der Waals surface area contributed by atoms with Gasteiger partial charge in [0.05, 0.1) is 64.1 Å². The number of aliphatic carboxylic acids is 2. The van der Waals surface area contributed by atoms with E-state index in [9.17, 15) is 19.8 Å². The molecule has 0 spiro atoms. The fourth-order valence-corrected chi connectivity index (χ4v) is 6.56. The summed E-state index contributed by atoms with van der Waals surface area (Å²) in [4.78, 5) is 21.4. The second-order valence-corrected chi connectivity index (χ2v) is 14.7. The molecule has 0 saturated carbocycles. The fraction of sp³-hybridized carbons (Fsp3) is 0.952. The first-order valence-corrected chi connectivity index (χ1v) is 21.5. The third-order valence-electron chi connectivity index (χ3n) is 9.81. The molecule has 0 aliphatic carbocycles. The molecule has 0 aromatic rings. The summed E-state index contributed by atoms with van der Waals surface area (Å²) in [7, 11) is 0. The molecule has 0 fully saturated rings. The molecule has 4 unspecified atom stereocenters. The molecule has 0 heterocycles. The lowest BCUT2D eigenvalue weighted by Crippen LogP contribution is -2.31. The van der Waals surface area contributed by atoms with Crippen molar-refractivity contribution < 1.29 is 49.0 Å². The summed E-state index contributed by atoms with van der Waals surface area (Å²) in [6.07, 6.45) is 25.5. The monoisotopic (exact) mass is 747 g/mol. The SMILES string of the molecule is CCCCCCCCC(O)C(CCCCCCCC(=O)O)OCCOCCOCCOC(CCCCCCCC(=O)O)C(O)CCCCCCCC. The predicted octanol–water partition coefficient (Wildman–Crippen LogP) is 9.64. The van der Waals surface area contributed by atoms with Crippen molar-refractivity contribution in [3.63, 3.8) is 0 Å². The Labute approximate surface area is 318 Å². The van der Waals surface area contributed by atoms with Gasteiger partial charge >= 0.3 is 11.9 Å². The Hall–Kier alpha value is -1.30. The standard InChI is InChI=1S/C42H82O10/c1-3-5-7-9-13-19-25-37(43)39(27-21-15-11-17-23-29-41(45)46)51-35-33-49-31-32-50-34-36-52-40(28-22-16-12-18-24-30-42(47)48)38(44)26-20-14-10-8-6-4-2/h37-40,43-44H,3-36H2,1-2H3,(H,45,46)(H,47,48). The molecule has 10 nitrogen and oxygen atoms in total. The quantitative estimate of drug-likeness (QED) is 0.0444. The second kappa shape index (κ2) is 39.4. The Kier molecular flexibility index (Phi) is 38.4. The van der Waals surface area contributed by atoms with Crippen LogP contribution in [0.25, 0.3) is 0 Å². The third-order valence-corrected chi connectivity index (χ3v) is 9.81. The van der Waals surface area contributed by atoms with Gasteiger partial charge in [-0.1, -0.05) is 142 Å². The lowest BCUT2D eigenvalue weighted by Gasteiger charge is -2.24. The van der Waals surface area contributed by atoms with Gasteiger partial charge in [-0.05, 0) is 38.5 Å². The number of carboxylic acids is 2. The molecule has 0 rings (SSSR count). The van der Waals surface area contributed by atoms with Gasteiger partial charge in [0.1, 0.15) is 0 Å². The Bertz CT molecular complexity index is 705. The highest BCUT2D eigenvalue weighted by Gasteiger charge is 2.20. The van der Waals surface area contributed by atoms with Crippen LogP contribution < -0.4 is 0 Å². The summed E-state index contributed by atoms with van der Waals surface area (Å²) in [5.74, 6) is -1.47. The smallest absolute Gasteiger partial charge is 0.303 e. The lowest BCUT2D eigenvalue weighted by atomic mass is 9.99. The number of rotatable bonds is 43. The first kappa shape index (κ1) is 50.7. The van der Waals surface area contributed by atoms with E-state index < -0.39 is 24.1 Å². The highest BCUT2D eigenvalue weighted by molar-refractivity contribution is 5.66. The van der Waals surface area contributed by atoms with Crippen molar-refractivity contribution in [1.29, 1.82) is 0 Å². The van der Waals surface area contributed by atoms with Crippen LogP contribution in [0.3, 0.4) is 0 Å². The Morgan fingerprint density at radius 2 is 0.692 bits per heavy atom. The van der Waals surface area contributed by atoms with Crippen LogP contribution in [-0.4, -0.2) is 96.4 Å². The van der Waals surface area contributed by atoms with Crippen molar-refractivity contribution in [2.75, 3.05) is 39.6 Å². The predicted molar refractivity (Wildman–Crippen MR) is 209 cm³/mol. The molecule has 0 amide bonds. The zero-order chi connectivity index (χ0) is 38.3. The Balaban J connectivity index is 4.38. The summed E-state index contributed by atoms with van der Waals surface area (Å²) in [5.41, 5.74) is 0. The van der Waals surface area contributed by atoms with Gasteiger partial charge in [0, 0.05) is 12.8 Å². The van der Waals surface area contributed by atoms with Crippen molar-refractivity contribution in [2.24, 2.45) is 0 Å². The minimum Gasteiger partial charge on any atom is -0.481 e. The Morgan fingerprint density at radius 1 is 0.404 bits per heavy atom. The third kappa shape index (κ3) is 35.7. The number of hydrogen-bond acceptors (Lipinski definition) is 8. The topological polar surface area (TPSA) is 152 Å². The molecule has 10 heteroatoms. The van der Waals surface area contributed by atoms with Crippen LogP contribution in [0.1, 0.15) is 194 Å². The molecule has 0 radical (unpaired) electrons. The molecular formula is C42H82O10. The fourth-order valence-electron chi connectivity index (χ4n) is 6.56. The van der Waals surface area contributed by atoms with Gasteiger partial charge in [0.25, 0.3) is 0 Å². The average molecular weight is 747 g/mol. The van der Waals surface area contributed by atoms with Crippen molar-refractivity contribution in [3.05, 3.63) is 0 Å². The maximum atomic E-state index is 10.9. The summed E-state index contributed by atoms with van der Waals surface area (Å²) >= 11 is 0. The first-order chi connectivity index (χ1) is 25.3. The van der Waals surface area contributed by atoms with E-state index in [1.165, 1.54) is 51.4 Å². The van der Waals surface area contributed by atoms with E-state index in [1.54, 1.807) is 0 Å². The van der Waals surface area contributed by atoms with E-state index in [2.05, 4.69) is 13.8 Å². The zero-order valence-corrected chi connectivity index (χ0v) is 33.6. The molecule has 0 aliphatic rings. The van der Waals surface area contributed by atoms with Gasteiger partial charge in [-0.15, -0.1) is 0 Å². The average Bonchev–Trinajstić information content (AvgIpc) is 3.12. The van der Waals surface area contributed by atoms with Gasteiger partial charge < -0.3 is 39.4 Å². The normalized spacial score (nSPS) is 14.0. The molecule has 52 heavy (non-hydrogen) atoms. The van der Waals surface area contributed by atoms with Crippen LogP contribution >= 0.6 is 0 Å². The number of aliphatic hydroxyl groups is 2. The largest absolute Gasteiger partial charge is 0.481 e. The number of carbonyl (C=O) groups is 2. The van der Waals surface area contributed by atoms with Crippen LogP contribution in [0.15, 0.2) is 0 Å². The number of ether oxygens (including phenoxy) is 4. The zero-order valence-electron chi connectivity index (χ0n) is 33.6. The molecular weight excluding hydrogens is 664 g/mol. The van der Waals surface area contributed by atoms with E-state index in [-0.39, 0.29) is 25.0 Å². The van der Waals surface area contributed by atoms with Crippen molar-refractivity contribution in [1.82, 2.24) is 0 Å². The lowest BCUT2D eigenvalue weighted by molar-refractivity contribution is -0.138. The van der Waals surface area contributed by atoms with Gasteiger partial charge in [-0.25, -0.2) is 0 Å². The van der Waals surface area contributed by atoms with E-state index >= 15 is 0 Å². The summed E-state index contributed by atoms with van der Waals surface area (Å²) in [6.45, 7) is 7.00. The molecule has 0 aromatic heterocycles. The van der Waals surface area contributed by atoms with Gasteiger partial charge in [0.2, 0.25) is 0 Å². The van der Waals surface area contributed by atoms with E-state index in [4.69, 9.17) is 29.2 Å². The van der Waals surface area contributed by atoms with Crippen molar-refractivity contribution in [2.45, 2.75) is 218 Å². The minimum absolute atomic E-state index is 0.215. The maximum absolute atomic E-state index is 10.9. The highest BCUT2D eigenvalue weighted by atomic mass is 16.6. The second-order valence-electron chi connectivity index (χ2n) is 14.7. The molecule has 4 atom stereocenters. The molecule has 0 aliphatic heterocycles. The molecule has 310 valence electrons. The van der Waals surface area contributed by atoms with Crippen molar-refractivity contribution >= 4 is 11.9 Å². The van der Waals surface area contributed by atoms with Gasteiger partial charge in [0.15, 0.2) is 0 Å². The first-order valence-electron chi connectivity index (χ1n) is 21.5. The molecule has 0 aromatic carbocycles. The Morgan fingerprint density at radius 3 is 1.04 bits per heavy atom. The summed E-state index contributed by atoms with van der Waals surface area (Å²) < 4.78 is 23.7. The van der Waals surface area contributed by atoms with Crippen molar-refractivity contribution in [3.8, 4) is 0 Å². The van der Waals surface area contributed by atoms with Gasteiger partial charge in [-0.2, -0.15) is 0 Å². The number of carboxylic acid groups (broad SMARTS) is 2. The molecule has 4 N–H and O–H groups in total. The van der Waals surface area contributed by atoms with Crippen LogP contribution in [0.5, 0.6) is 0 Å². The summed E-state index contributed by atoms with van der Waals surface area (Å²) in [6, 6.07) is 0. The number of aliphatic hydroxyl groups excluding tert-OH is 2.